The molecule has 0 atom stereocenters. The molecule has 0 aromatic carbocycles. The van der Waals surface area contributed by atoms with Gasteiger partial charge < -0.3 is 11.1 Å². The van der Waals surface area contributed by atoms with Crippen LogP contribution in [-0.2, 0) is 0 Å². The number of hydrogen-bond acceptors (Lipinski definition) is 5. The molecule has 2 heterocycles. The SMILES string of the molecule is C#CC(C)(C)NC(=O)c1sc2nccnc2c1N. The van der Waals surface area contributed by atoms with Crippen LogP contribution < -0.4 is 11.1 Å². The number of aromatic nitrogens is 2. The number of rotatable bonds is 2. The summed E-state index contributed by atoms with van der Waals surface area (Å²) in [5.74, 6) is 2.19. The summed E-state index contributed by atoms with van der Waals surface area (Å²) in [7, 11) is 0. The molecule has 0 aliphatic rings. The van der Waals surface area contributed by atoms with E-state index < -0.39 is 5.54 Å². The van der Waals surface area contributed by atoms with E-state index in [0.29, 0.717) is 20.9 Å². The molecule has 92 valence electrons. The summed E-state index contributed by atoms with van der Waals surface area (Å²) in [5.41, 5.74) is 6.06. The molecule has 0 saturated heterocycles. The van der Waals surface area contributed by atoms with E-state index in [1.807, 2.05) is 0 Å². The van der Waals surface area contributed by atoms with E-state index in [-0.39, 0.29) is 5.91 Å². The van der Waals surface area contributed by atoms with Crippen LogP contribution in [0.5, 0.6) is 0 Å². The van der Waals surface area contributed by atoms with Gasteiger partial charge in [0.15, 0.2) is 0 Å². The van der Waals surface area contributed by atoms with Crippen molar-refractivity contribution in [2.75, 3.05) is 5.73 Å². The van der Waals surface area contributed by atoms with E-state index in [1.54, 1.807) is 26.2 Å². The smallest absolute Gasteiger partial charge is 0.264 e. The molecule has 0 saturated carbocycles. The number of amides is 1. The second kappa shape index (κ2) is 4.27. The summed E-state index contributed by atoms with van der Waals surface area (Å²) >= 11 is 1.20. The van der Waals surface area contributed by atoms with Gasteiger partial charge in [0.2, 0.25) is 0 Å². The first-order valence-electron chi connectivity index (χ1n) is 5.24. The van der Waals surface area contributed by atoms with Crippen molar-refractivity contribution >= 4 is 33.3 Å². The minimum Gasteiger partial charge on any atom is -0.396 e. The maximum absolute atomic E-state index is 12.1. The summed E-state index contributed by atoms with van der Waals surface area (Å²) in [6.07, 6.45) is 8.43. The molecule has 0 spiro atoms. The molecule has 0 bridgehead atoms. The van der Waals surface area contributed by atoms with Gasteiger partial charge in [-0.25, -0.2) is 9.97 Å². The molecule has 0 aliphatic carbocycles. The summed E-state index contributed by atoms with van der Waals surface area (Å²) in [6, 6.07) is 0. The van der Waals surface area contributed by atoms with Crippen LogP contribution in [0.1, 0.15) is 23.5 Å². The zero-order chi connectivity index (χ0) is 13.3. The minimum atomic E-state index is -0.722. The molecule has 0 aliphatic heterocycles. The number of nitrogens with two attached hydrogens (primary N) is 1. The molecule has 18 heavy (non-hydrogen) atoms. The number of fused-ring (bicyclic) bond motifs is 1. The third kappa shape index (κ3) is 2.13. The first-order valence-corrected chi connectivity index (χ1v) is 6.05. The highest BCUT2D eigenvalue weighted by molar-refractivity contribution is 7.21. The van der Waals surface area contributed by atoms with Gasteiger partial charge >= 0.3 is 0 Å². The van der Waals surface area contributed by atoms with Crippen molar-refractivity contribution in [1.29, 1.82) is 0 Å². The fourth-order valence-electron chi connectivity index (χ4n) is 1.39. The lowest BCUT2D eigenvalue weighted by Crippen LogP contribution is -2.41. The molecule has 2 aromatic heterocycles. The van der Waals surface area contributed by atoms with Gasteiger partial charge in [-0.1, -0.05) is 5.92 Å². The highest BCUT2D eigenvalue weighted by atomic mass is 32.1. The molecular weight excluding hydrogens is 248 g/mol. The maximum Gasteiger partial charge on any atom is 0.264 e. The van der Waals surface area contributed by atoms with E-state index in [1.165, 1.54) is 11.3 Å². The van der Waals surface area contributed by atoms with Crippen LogP contribution in [0, 0.1) is 12.3 Å². The highest BCUT2D eigenvalue weighted by Crippen LogP contribution is 2.30. The number of nitrogen functional groups attached to an aromatic ring is 1. The normalized spacial score (nSPS) is 11.2. The predicted molar refractivity (Wildman–Crippen MR) is 72.2 cm³/mol. The summed E-state index contributed by atoms with van der Waals surface area (Å²) < 4.78 is 0. The first kappa shape index (κ1) is 12.3. The second-order valence-electron chi connectivity index (χ2n) is 4.28. The summed E-state index contributed by atoms with van der Waals surface area (Å²) in [5, 5.41) is 2.72. The highest BCUT2D eigenvalue weighted by Gasteiger charge is 2.23. The fraction of sp³-hybridized carbons (Fsp3) is 0.250. The van der Waals surface area contributed by atoms with Gasteiger partial charge in [-0.2, -0.15) is 0 Å². The Kier molecular flexibility index (Phi) is 2.93. The quantitative estimate of drug-likeness (QED) is 0.800. The van der Waals surface area contributed by atoms with Gasteiger partial charge in [0, 0.05) is 12.4 Å². The fourth-order valence-corrected chi connectivity index (χ4v) is 2.31. The lowest BCUT2D eigenvalue weighted by atomic mass is 10.1. The average Bonchev–Trinajstić information content (AvgIpc) is 2.67. The zero-order valence-corrected chi connectivity index (χ0v) is 10.8. The number of terminal acetylenes is 1. The molecule has 3 N–H and O–H groups in total. The molecule has 0 unspecified atom stereocenters. The van der Waals surface area contributed by atoms with Crippen LogP contribution >= 0.6 is 11.3 Å². The van der Waals surface area contributed by atoms with Crippen molar-refractivity contribution in [2.45, 2.75) is 19.4 Å². The van der Waals surface area contributed by atoms with E-state index in [2.05, 4.69) is 21.2 Å². The molecular formula is C12H12N4OS. The van der Waals surface area contributed by atoms with Crippen LogP contribution in [0.4, 0.5) is 5.69 Å². The zero-order valence-electron chi connectivity index (χ0n) is 10.0. The summed E-state index contributed by atoms with van der Waals surface area (Å²) in [4.78, 5) is 21.3. The topological polar surface area (TPSA) is 80.9 Å². The Balaban J connectivity index is 2.41. The largest absolute Gasteiger partial charge is 0.396 e. The Morgan fingerprint density at radius 3 is 2.78 bits per heavy atom. The van der Waals surface area contributed by atoms with Crippen molar-refractivity contribution < 1.29 is 4.79 Å². The number of hydrogen-bond donors (Lipinski definition) is 2. The van der Waals surface area contributed by atoms with Gasteiger partial charge in [-0.05, 0) is 13.8 Å². The predicted octanol–water partition coefficient (Wildman–Crippen LogP) is 1.42. The molecule has 1 amide bonds. The molecule has 0 fully saturated rings. The van der Waals surface area contributed by atoms with Crippen LogP contribution in [0.2, 0.25) is 0 Å². The molecule has 6 heteroatoms. The van der Waals surface area contributed by atoms with Crippen LogP contribution in [0.25, 0.3) is 10.3 Å². The van der Waals surface area contributed by atoms with Crippen molar-refractivity contribution in [2.24, 2.45) is 0 Å². The lowest BCUT2D eigenvalue weighted by molar-refractivity contribution is 0.0935. The number of thiophene rings is 1. The number of anilines is 1. The van der Waals surface area contributed by atoms with Crippen molar-refractivity contribution in [1.82, 2.24) is 15.3 Å². The number of nitrogens with zero attached hydrogens (tertiary/aromatic N) is 2. The van der Waals surface area contributed by atoms with Crippen molar-refractivity contribution in [3.8, 4) is 12.3 Å². The van der Waals surface area contributed by atoms with Crippen molar-refractivity contribution in [3.63, 3.8) is 0 Å². The molecule has 2 aromatic rings. The first-order chi connectivity index (χ1) is 8.44. The van der Waals surface area contributed by atoms with Gasteiger partial charge in [0.25, 0.3) is 5.91 Å². The molecule has 2 rings (SSSR count). The monoisotopic (exact) mass is 260 g/mol. The molecule has 0 radical (unpaired) electrons. The van der Waals surface area contributed by atoms with Crippen LogP contribution in [0.15, 0.2) is 12.4 Å². The standard InChI is InChI=1S/C12H12N4OS/c1-4-12(2,3)16-10(17)9-7(13)8-11(18-9)15-6-5-14-8/h1,5-6H,13H2,2-3H3,(H,16,17). The van der Waals surface area contributed by atoms with Crippen LogP contribution in [0.3, 0.4) is 0 Å². The lowest BCUT2D eigenvalue weighted by Gasteiger charge is -2.18. The number of nitrogens with one attached hydrogen (secondary N) is 1. The minimum absolute atomic E-state index is 0.305. The second-order valence-corrected chi connectivity index (χ2v) is 5.28. The van der Waals surface area contributed by atoms with Crippen molar-refractivity contribution in [3.05, 3.63) is 17.3 Å². The van der Waals surface area contributed by atoms with Gasteiger partial charge in [-0.15, -0.1) is 17.8 Å². The Hall–Kier alpha value is -2.13. The average molecular weight is 260 g/mol. The Labute approximate surface area is 108 Å². The Morgan fingerprint density at radius 2 is 2.17 bits per heavy atom. The number of carbonyl (C=O) groups is 1. The third-order valence-electron chi connectivity index (χ3n) is 2.36. The number of carbonyl (C=O) groups excluding carboxylic acids is 1. The van der Waals surface area contributed by atoms with Crippen LogP contribution in [-0.4, -0.2) is 21.4 Å². The van der Waals surface area contributed by atoms with Gasteiger partial charge in [0.05, 0.1) is 11.2 Å². The Morgan fingerprint density at radius 1 is 1.50 bits per heavy atom. The van der Waals surface area contributed by atoms with E-state index in [0.717, 1.165) is 0 Å². The van der Waals surface area contributed by atoms with Gasteiger partial charge in [-0.3, -0.25) is 4.79 Å². The Bertz CT molecular complexity index is 654. The van der Waals surface area contributed by atoms with E-state index >= 15 is 0 Å². The molecule has 5 nitrogen and oxygen atoms in total. The van der Waals surface area contributed by atoms with E-state index in [4.69, 9.17) is 12.2 Å². The summed E-state index contributed by atoms with van der Waals surface area (Å²) in [6.45, 7) is 3.48. The maximum atomic E-state index is 12.1. The van der Waals surface area contributed by atoms with E-state index in [9.17, 15) is 4.79 Å². The third-order valence-corrected chi connectivity index (χ3v) is 3.46. The van der Waals surface area contributed by atoms with Gasteiger partial charge in [0.1, 0.15) is 15.2 Å².